The Labute approximate surface area is 159 Å². The highest BCUT2D eigenvalue weighted by Gasteiger charge is 2.46. The molecule has 1 heterocycles. The van der Waals surface area contributed by atoms with Crippen molar-refractivity contribution in [1.29, 1.82) is 0 Å². The number of fused-ring (bicyclic) bond motifs is 3. The summed E-state index contributed by atoms with van der Waals surface area (Å²) in [4.78, 5) is 0. The van der Waals surface area contributed by atoms with E-state index in [2.05, 4.69) is 45.9 Å². The van der Waals surface area contributed by atoms with Gasteiger partial charge in [-0.15, -0.1) is 0 Å². The summed E-state index contributed by atoms with van der Waals surface area (Å²) in [6.45, 7) is 9.02. The SMILES string of the molecule is CCCCCC/C=C/c1cc(O)c2c(c1)OC(C)(C)[C@H]1CC[C@H](C)C[C@H]21. The molecule has 1 aliphatic heterocycles. The van der Waals surface area contributed by atoms with E-state index >= 15 is 0 Å². The van der Waals surface area contributed by atoms with Gasteiger partial charge in [0.25, 0.3) is 0 Å². The summed E-state index contributed by atoms with van der Waals surface area (Å²) in [6, 6.07) is 4.06. The standard InChI is InChI=1S/C24H36O2/c1-5-6-7-8-9-10-11-18-15-21(25)23-19-14-17(2)12-13-20(19)24(3,4)26-22(23)16-18/h10-11,15-17,19-20,25H,5-9,12-14H2,1-4H3/b11-10+/t17-,19-,20-/m0/s1. The fourth-order valence-corrected chi connectivity index (χ4v) is 4.99. The first kappa shape index (κ1) is 19.3. The lowest BCUT2D eigenvalue weighted by atomic mass is 9.64. The van der Waals surface area contributed by atoms with Gasteiger partial charge in [0.2, 0.25) is 0 Å². The molecule has 0 unspecified atom stereocenters. The molecule has 0 bridgehead atoms. The van der Waals surface area contributed by atoms with Crippen molar-refractivity contribution in [2.75, 3.05) is 0 Å². The van der Waals surface area contributed by atoms with E-state index in [4.69, 9.17) is 4.74 Å². The van der Waals surface area contributed by atoms with Crippen LogP contribution < -0.4 is 4.74 Å². The van der Waals surface area contributed by atoms with Crippen molar-refractivity contribution in [3.8, 4) is 11.5 Å². The molecule has 2 nitrogen and oxygen atoms in total. The van der Waals surface area contributed by atoms with Crippen LogP contribution in [0.4, 0.5) is 0 Å². The van der Waals surface area contributed by atoms with E-state index in [1.807, 2.05) is 6.07 Å². The Morgan fingerprint density at radius 2 is 2.00 bits per heavy atom. The summed E-state index contributed by atoms with van der Waals surface area (Å²) in [5.74, 6) is 2.96. The van der Waals surface area contributed by atoms with Gasteiger partial charge in [0.15, 0.2) is 0 Å². The van der Waals surface area contributed by atoms with E-state index in [1.54, 1.807) is 0 Å². The molecule has 1 aromatic rings. The summed E-state index contributed by atoms with van der Waals surface area (Å²) >= 11 is 0. The quantitative estimate of drug-likeness (QED) is 0.552. The summed E-state index contributed by atoms with van der Waals surface area (Å²) in [5, 5.41) is 10.8. The van der Waals surface area contributed by atoms with Crippen molar-refractivity contribution >= 4 is 6.08 Å². The number of allylic oxidation sites excluding steroid dienone is 1. The number of benzene rings is 1. The van der Waals surface area contributed by atoms with Gasteiger partial charge in [-0.2, -0.15) is 0 Å². The molecule has 1 aromatic carbocycles. The minimum atomic E-state index is -0.160. The smallest absolute Gasteiger partial charge is 0.127 e. The van der Waals surface area contributed by atoms with Crippen molar-refractivity contribution < 1.29 is 9.84 Å². The molecule has 0 amide bonds. The lowest BCUT2D eigenvalue weighted by molar-refractivity contribution is -0.0145. The molecule has 1 saturated carbocycles. The molecule has 2 aliphatic rings. The van der Waals surface area contributed by atoms with Gasteiger partial charge < -0.3 is 9.84 Å². The van der Waals surface area contributed by atoms with Gasteiger partial charge in [0.1, 0.15) is 17.1 Å². The molecule has 1 N–H and O–H groups in total. The largest absolute Gasteiger partial charge is 0.507 e. The van der Waals surface area contributed by atoms with Gasteiger partial charge in [0.05, 0.1) is 0 Å². The first-order valence-electron chi connectivity index (χ1n) is 10.6. The summed E-state index contributed by atoms with van der Waals surface area (Å²) in [6.07, 6.45) is 14.2. The van der Waals surface area contributed by atoms with Crippen LogP contribution in [0.15, 0.2) is 18.2 Å². The number of ether oxygens (including phenoxy) is 1. The molecular weight excluding hydrogens is 320 g/mol. The van der Waals surface area contributed by atoms with Crippen LogP contribution in [0.3, 0.4) is 0 Å². The van der Waals surface area contributed by atoms with Gasteiger partial charge in [-0.1, -0.05) is 51.7 Å². The highest BCUT2D eigenvalue weighted by Crippen LogP contribution is 2.55. The van der Waals surface area contributed by atoms with Crippen LogP contribution in [0.5, 0.6) is 11.5 Å². The minimum absolute atomic E-state index is 0.160. The first-order chi connectivity index (χ1) is 12.4. The Morgan fingerprint density at radius 3 is 2.77 bits per heavy atom. The highest BCUT2D eigenvalue weighted by molar-refractivity contribution is 5.60. The minimum Gasteiger partial charge on any atom is -0.507 e. The molecule has 3 rings (SSSR count). The van der Waals surface area contributed by atoms with E-state index in [-0.39, 0.29) is 5.60 Å². The number of unbranched alkanes of at least 4 members (excludes halogenated alkanes) is 4. The van der Waals surface area contributed by atoms with Crippen molar-refractivity contribution in [1.82, 2.24) is 0 Å². The third-order valence-electron chi connectivity index (χ3n) is 6.43. The number of hydrogen-bond acceptors (Lipinski definition) is 2. The Balaban J connectivity index is 1.80. The zero-order valence-corrected chi connectivity index (χ0v) is 17.1. The van der Waals surface area contributed by atoms with Crippen molar-refractivity contribution in [2.24, 2.45) is 11.8 Å². The lowest BCUT2D eigenvalue weighted by Gasteiger charge is -2.48. The number of hydrogen-bond donors (Lipinski definition) is 1. The van der Waals surface area contributed by atoms with E-state index < -0.39 is 0 Å². The van der Waals surface area contributed by atoms with Crippen molar-refractivity contribution in [3.63, 3.8) is 0 Å². The fourth-order valence-electron chi connectivity index (χ4n) is 4.99. The number of phenolic OH excluding ortho intramolecular Hbond substituents is 1. The van der Waals surface area contributed by atoms with E-state index in [9.17, 15) is 5.11 Å². The summed E-state index contributed by atoms with van der Waals surface area (Å²) in [5.41, 5.74) is 1.95. The molecule has 1 fully saturated rings. The molecule has 0 radical (unpaired) electrons. The molecular formula is C24H36O2. The van der Waals surface area contributed by atoms with Crippen molar-refractivity contribution in [2.45, 2.75) is 90.6 Å². The Hall–Kier alpha value is -1.44. The predicted octanol–water partition coefficient (Wildman–Crippen LogP) is 7.07. The third-order valence-corrected chi connectivity index (χ3v) is 6.43. The van der Waals surface area contributed by atoms with Crippen LogP contribution in [0.25, 0.3) is 6.08 Å². The first-order valence-corrected chi connectivity index (χ1v) is 10.6. The topological polar surface area (TPSA) is 29.5 Å². The third kappa shape index (κ3) is 4.10. The number of aromatic hydroxyl groups is 1. The molecule has 0 aromatic heterocycles. The fraction of sp³-hybridized carbons (Fsp3) is 0.667. The van der Waals surface area contributed by atoms with E-state index in [0.717, 1.165) is 35.6 Å². The van der Waals surface area contributed by atoms with Crippen LogP contribution in [-0.4, -0.2) is 10.7 Å². The second kappa shape index (κ2) is 8.06. The maximum atomic E-state index is 10.8. The maximum absolute atomic E-state index is 10.8. The Bertz CT molecular complexity index is 644. The highest BCUT2D eigenvalue weighted by atomic mass is 16.5. The van der Waals surface area contributed by atoms with E-state index in [1.165, 1.54) is 38.5 Å². The average Bonchev–Trinajstić information content (AvgIpc) is 2.56. The van der Waals surface area contributed by atoms with Gasteiger partial charge in [-0.25, -0.2) is 0 Å². The number of rotatable bonds is 6. The maximum Gasteiger partial charge on any atom is 0.127 e. The predicted molar refractivity (Wildman–Crippen MR) is 110 cm³/mol. The molecule has 3 atom stereocenters. The van der Waals surface area contributed by atoms with Gasteiger partial charge in [0, 0.05) is 11.5 Å². The Morgan fingerprint density at radius 1 is 1.19 bits per heavy atom. The summed E-state index contributed by atoms with van der Waals surface area (Å²) in [7, 11) is 0. The van der Waals surface area contributed by atoms with Gasteiger partial charge in [-0.3, -0.25) is 0 Å². The van der Waals surface area contributed by atoms with Gasteiger partial charge in [-0.05, 0) is 69.1 Å². The summed E-state index contributed by atoms with van der Waals surface area (Å²) < 4.78 is 6.41. The second-order valence-electron chi connectivity index (χ2n) is 9.04. The lowest BCUT2D eigenvalue weighted by Crippen LogP contribution is -2.46. The average molecular weight is 357 g/mol. The molecule has 26 heavy (non-hydrogen) atoms. The molecule has 1 aliphatic carbocycles. The van der Waals surface area contributed by atoms with E-state index in [0.29, 0.717) is 17.6 Å². The van der Waals surface area contributed by atoms with Crippen LogP contribution >= 0.6 is 0 Å². The zero-order valence-electron chi connectivity index (χ0n) is 17.1. The zero-order chi connectivity index (χ0) is 18.7. The second-order valence-corrected chi connectivity index (χ2v) is 9.04. The Kier molecular flexibility index (Phi) is 5.99. The number of phenols is 1. The monoisotopic (exact) mass is 356 g/mol. The molecule has 0 spiro atoms. The normalized spacial score (nSPS) is 27.0. The molecule has 0 saturated heterocycles. The van der Waals surface area contributed by atoms with Crippen LogP contribution in [0.2, 0.25) is 0 Å². The van der Waals surface area contributed by atoms with Crippen LogP contribution in [0, 0.1) is 11.8 Å². The van der Waals surface area contributed by atoms with Gasteiger partial charge >= 0.3 is 0 Å². The van der Waals surface area contributed by atoms with Crippen LogP contribution in [0.1, 0.15) is 96.1 Å². The molecule has 2 heteroatoms. The van der Waals surface area contributed by atoms with Crippen molar-refractivity contribution in [3.05, 3.63) is 29.3 Å². The van der Waals surface area contributed by atoms with Crippen LogP contribution in [-0.2, 0) is 0 Å². The molecule has 144 valence electrons.